The topological polar surface area (TPSA) is 156 Å². The third-order valence-electron chi connectivity index (χ3n) is 12.8. The highest BCUT2D eigenvalue weighted by Crippen LogP contribution is 2.84. The van der Waals surface area contributed by atoms with E-state index in [1.807, 2.05) is 21.6 Å². The van der Waals surface area contributed by atoms with Crippen LogP contribution in [0, 0.1) is 17.8 Å². The first kappa shape index (κ1) is 37.3. The third kappa shape index (κ3) is 6.11. The van der Waals surface area contributed by atoms with Crippen LogP contribution in [-0.4, -0.2) is 129 Å². The number of carbonyl (C=O) groups excluding carboxylic acids is 3. The molecule has 10 atom stereocenters. The van der Waals surface area contributed by atoms with Crippen molar-refractivity contribution in [1.82, 2.24) is 5.32 Å². The zero-order valence-corrected chi connectivity index (χ0v) is 32.1. The molecule has 4 saturated heterocycles. The molecule has 5 aliphatic heterocycles. The van der Waals surface area contributed by atoms with E-state index in [1.165, 1.54) is 18.6 Å². The summed E-state index contributed by atoms with van der Waals surface area (Å²) in [6, 6.07) is 0. The van der Waals surface area contributed by atoms with E-state index in [1.54, 1.807) is 0 Å². The first-order valence-corrected chi connectivity index (χ1v) is 21.7. The molecule has 0 aromatic heterocycles. The summed E-state index contributed by atoms with van der Waals surface area (Å²) in [5.74, 6) is 1.27. The number of hydrogen-bond acceptors (Lipinski definition) is 14. The van der Waals surface area contributed by atoms with Crippen LogP contribution < -0.4 is 5.32 Å². The molecule has 0 aromatic carbocycles. The summed E-state index contributed by atoms with van der Waals surface area (Å²) in [5, 5.41) is 3.68. The summed E-state index contributed by atoms with van der Waals surface area (Å²) >= 11 is 0. The molecule has 290 valence electrons. The molecule has 15 heteroatoms. The van der Waals surface area contributed by atoms with Gasteiger partial charge in [-0.3, -0.25) is 4.79 Å². The minimum Gasteiger partial charge on any atom is -0.458 e. The van der Waals surface area contributed by atoms with Gasteiger partial charge in [0.25, 0.3) is 0 Å². The Hall–Kier alpha value is -1.59. The third-order valence-corrected chi connectivity index (χ3v) is 15.8. The number of unbranched alkanes of at least 4 members (excludes halogenated alkanes) is 1. The highest BCUT2D eigenvalue weighted by Gasteiger charge is 3.01. The minimum absolute atomic E-state index is 0.0258. The summed E-state index contributed by atoms with van der Waals surface area (Å²) in [7, 11) is 3.95. The molecule has 0 aromatic rings. The summed E-state index contributed by atoms with van der Waals surface area (Å²) in [5.41, 5.74) is -0.791. The highest BCUT2D eigenvalue weighted by molar-refractivity contribution is 8.77. The number of hydrogen-bond donors (Lipinski definition) is 1. The van der Waals surface area contributed by atoms with Gasteiger partial charge in [-0.25, -0.2) is 9.59 Å². The number of amides is 1. The molecule has 5 heterocycles. The van der Waals surface area contributed by atoms with Gasteiger partial charge in [-0.2, -0.15) is 0 Å². The monoisotopic (exact) mass is 767 g/mol. The van der Waals surface area contributed by atoms with E-state index in [2.05, 4.69) is 26.1 Å². The zero-order chi connectivity index (χ0) is 36.1. The first-order chi connectivity index (χ1) is 25.2. The van der Waals surface area contributed by atoms with Gasteiger partial charge in [-0.1, -0.05) is 48.8 Å². The standard InChI is InChI=1S/C37H53NO12S2/c1-22(2)35-30(49-35)23(3)37-34(50-37)10-8-25-26(21-46-31(25)40)27(34)20-28-36(37,48-28)32(35)47-33(41)45-18-17-44-16-15-43-14-13-42-12-11-38-29(39)7-5-4-6-24-9-19-51-52-24/h22-24,27-28,30,32H,4-21H2,1-3H3,(H,38,39)/t23-,24?,27-,28-,30-,32+,34+,35-,36+,37+/m0/s1. The molecule has 1 amide bonds. The molecule has 52 heavy (non-hydrogen) atoms. The van der Waals surface area contributed by atoms with Gasteiger partial charge in [0, 0.05) is 41.4 Å². The largest absolute Gasteiger partial charge is 0.508 e. The van der Waals surface area contributed by atoms with E-state index >= 15 is 0 Å². The van der Waals surface area contributed by atoms with Gasteiger partial charge in [0.05, 0.1) is 51.8 Å². The van der Waals surface area contributed by atoms with Crippen molar-refractivity contribution in [3.05, 3.63) is 11.1 Å². The fraction of sp³-hybridized carbons (Fsp3) is 0.865. The Balaban J connectivity index is 0.716. The Morgan fingerprint density at radius 3 is 2.54 bits per heavy atom. The summed E-state index contributed by atoms with van der Waals surface area (Å²) in [4.78, 5) is 37.6. The Morgan fingerprint density at radius 1 is 1.02 bits per heavy atom. The van der Waals surface area contributed by atoms with Crippen molar-refractivity contribution in [3.8, 4) is 0 Å². The molecule has 13 nitrogen and oxygen atoms in total. The number of esters is 1. The second-order valence-corrected chi connectivity index (χ2v) is 18.5. The minimum atomic E-state index is -0.820. The Kier molecular flexibility index (Phi) is 10.6. The smallest absolute Gasteiger partial charge is 0.458 e. The summed E-state index contributed by atoms with van der Waals surface area (Å²) in [6.45, 7) is 9.42. The van der Waals surface area contributed by atoms with E-state index in [9.17, 15) is 14.4 Å². The lowest BCUT2D eigenvalue weighted by Crippen LogP contribution is -2.69. The number of ether oxygens (including phenoxy) is 9. The normalized spacial score (nSPS) is 40.1. The maximum Gasteiger partial charge on any atom is 0.508 e. The van der Waals surface area contributed by atoms with Crippen molar-refractivity contribution in [2.24, 2.45) is 17.8 Å². The predicted octanol–water partition coefficient (Wildman–Crippen LogP) is 4.14. The number of epoxide rings is 3. The summed E-state index contributed by atoms with van der Waals surface area (Å²) in [6.07, 6.45) is 5.34. The van der Waals surface area contributed by atoms with Gasteiger partial charge >= 0.3 is 12.1 Å². The van der Waals surface area contributed by atoms with Crippen molar-refractivity contribution < 1.29 is 57.0 Å². The van der Waals surface area contributed by atoms with Gasteiger partial charge in [-0.15, -0.1) is 0 Å². The number of fused-ring (bicyclic) bond motifs is 2. The van der Waals surface area contributed by atoms with Crippen LogP contribution in [0.2, 0.25) is 0 Å². The Labute approximate surface area is 313 Å². The van der Waals surface area contributed by atoms with Gasteiger partial charge in [0.1, 0.15) is 30.0 Å². The zero-order valence-electron chi connectivity index (χ0n) is 30.5. The Morgan fingerprint density at radius 2 is 1.79 bits per heavy atom. The molecule has 0 radical (unpaired) electrons. The van der Waals surface area contributed by atoms with Gasteiger partial charge < -0.3 is 47.9 Å². The van der Waals surface area contributed by atoms with E-state index in [0.29, 0.717) is 71.9 Å². The molecule has 1 N–H and O–H groups in total. The fourth-order valence-corrected chi connectivity index (χ4v) is 13.4. The van der Waals surface area contributed by atoms with Crippen LogP contribution in [0.15, 0.2) is 11.1 Å². The maximum absolute atomic E-state index is 13.2. The summed E-state index contributed by atoms with van der Waals surface area (Å²) < 4.78 is 53.9. The van der Waals surface area contributed by atoms with Crippen molar-refractivity contribution in [1.29, 1.82) is 0 Å². The lowest BCUT2D eigenvalue weighted by atomic mass is 9.51. The average Bonchev–Trinajstić information content (AvgIpc) is 4.06. The van der Waals surface area contributed by atoms with Crippen molar-refractivity contribution in [2.45, 2.75) is 118 Å². The number of nitrogens with one attached hydrogen (secondary N) is 1. The van der Waals surface area contributed by atoms with Crippen molar-refractivity contribution in [3.63, 3.8) is 0 Å². The van der Waals surface area contributed by atoms with Crippen LogP contribution in [-0.2, 0) is 52.2 Å². The van der Waals surface area contributed by atoms with E-state index < -0.39 is 34.7 Å². The molecule has 3 spiro atoms. The van der Waals surface area contributed by atoms with E-state index in [4.69, 9.17) is 42.6 Å². The van der Waals surface area contributed by atoms with Crippen LogP contribution in [0.25, 0.3) is 0 Å². The molecular weight excluding hydrogens is 715 g/mol. The van der Waals surface area contributed by atoms with Gasteiger partial charge in [0.15, 0.2) is 11.7 Å². The van der Waals surface area contributed by atoms with Crippen LogP contribution >= 0.6 is 21.6 Å². The number of cyclic esters (lactones) is 1. The molecule has 8 aliphatic rings. The van der Waals surface area contributed by atoms with Crippen molar-refractivity contribution >= 4 is 39.6 Å². The predicted molar refractivity (Wildman–Crippen MR) is 190 cm³/mol. The average molecular weight is 768 g/mol. The van der Waals surface area contributed by atoms with Crippen LogP contribution in [0.4, 0.5) is 4.79 Å². The van der Waals surface area contributed by atoms with Crippen LogP contribution in [0.5, 0.6) is 0 Å². The molecule has 2 saturated carbocycles. The number of carbonyl (C=O) groups is 3. The highest BCUT2D eigenvalue weighted by atomic mass is 33.1. The molecular formula is C37H53NO12S2. The lowest BCUT2D eigenvalue weighted by Gasteiger charge is -2.47. The Bertz CT molecular complexity index is 1420. The SMILES string of the molecule is CC(C)[C@]12O[C@H]1[C@H](C)[C@@]13O[C@@]14CCC1=C(COC1=O)[C@@H]4C[C@@H]1O[C@@]13[C@@H]2OC(=O)OCCOCCOCCOCCNC(=O)CCCCC1CCSS1. The van der Waals surface area contributed by atoms with E-state index in [0.717, 1.165) is 29.2 Å². The quantitative estimate of drug-likeness (QED) is 0.0866. The van der Waals surface area contributed by atoms with Gasteiger partial charge in [-0.05, 0) is 50.0 Å². The number of rotatable bonds is 19. The molecule has 1 unspecified atom stereocenters. The molecule has 6 fully saturated rings. The molecule has 3 aliphatic carbocycles. The van der Waals surface area contributed by atoms with Crippen LogP contribution in [0.1, 0.15) is 72.1 Å². The first-order valence-electron chi connectivity index (χ1n) is 19.3. The molecule has 8 rings (SSSR count). The molecule has 0 bridgehead atoms. The van der Waals surface area contributed by atoms with Gasteiger partial charge in [0.2, 0.25) is 5.91 Å². The van der Waals surface area contributed by atoms with E-state index in [-0.39, 0.29) is 55.1 Å². The van der Waals surface area contributed by atoms with Crippen molar-refractivity contribution in [2.75, 3.05) is 65.2 Å². The second kappa shape index (κ2) is 14.8. The van der Waals surface area contributed by atoms with Crippen LogP contribution in [0.3, 0.4) is 0 Å². The second-order valence-electron chi connectivity index (χ2n) is 15.7. The fourth-order valence-electron chi connectivity index (χ4n) is 10.4. The maximum atomic E-state index is 13.2. The lowest BCUT2D eigenvalue weighted by molar-refractivity contribution is -0.136.